The zero-order chi connectivity index (χ0) is 23.9. The molecule has 0 radical (unpaired) electrons. The Balaban J connectivity index is 1.38. The molecule has 0 spiro atoms. The summed E-state index contributed by atoms with van der Waals surface area (Å²) in [6.45, 7) is 1.07. The first kappa shape index (κ1) is 23.6. The molecule has 1 aromatic heterocycles. The molecule has 1 saturated heterocycles. The van der Waals surface area contributed by atoms with E-state index in [4.69, 9.17) is 16.0 Å². The lowest BCUT2D eigenvalue weighted by atomic mass is 9.94. The Morgan fingerprint density at radius 3 is 2.32 bits per heavy atom. The van der Waals surface area contributed by atoms with Crippen molar-refractivity contribution in [2.75, 3.05) is 25.0 Å². The minimum absolute atomic E-state index is 0.0720. The molecular weight excluding hydrogens is 454 g/mol. The molecule has 0 aliphatic carbocycles. The van der Waals surface area contributed by atoms with Gasteiger partial charge in [-0.1, -0.05) is 29.8 Å². The third-order valence-corrected chi connectivity index (χ3v) is 6.11. The highest BCUT2D eigenvalue weighted by molar-refractivity contribution is 6.30. The van der Waals surface area contributed by atoms with E-state index < -0.39 is 0 Å². The average Bonchev–Trinajstić information content (AvgIpc) is 3.37. The molecule has 0 saturated carbocycles. The molecule has 0 unspecified atom stereocenters. The lowest BCUT2D eigenvalue weighted by Gasteiger charge is -2.34. The number of carbonyl (C=O) groups is 3. The second kappa shape index (κ2) is 11.0. The minimum atomic E-state index is -0.276. The van der Waals surface area contributed by atoms with Gasteiger partial charge in [0.15, 0.2) is 0 Å². The third-order valence-electron chi connectivity index (χ3n) is 5.85. The van der Waals surface area contributed by atoms with Gasteiger partial charge in [-0.2, -0.15) is 0 Å². The Labute approximate surface area is 203 Å². The first-order chi connectivity index (χ1) is 16.5. The number of hydrogen-bond donors (Lipinski definition) is 1. The molecule has 3 aromatic rings. The summed E-state index contributed by atoms with van der Waals surface area (Å²) in [5.41, 5.74) is 1.25. The van der Waals surface area contributed by atoms with Crippen molar-refractivity contribution >= 4 is 35.0 Å². The van der Waals surface area contributed by atoms with Gasteiger partial charge in [-0.25, -0.2) is 0 Å². The van der Waals surface area contributed by atoms with Gasteiger partial charge in [0, 0.05) is 35.3 Å². The van der Waals surface area contributed by atoms with Gasteiger partial charge in [0.2, 0.25) is 11.8 Å². The van der Waals surface area contributed by atoms with E-state index in [9.17, 15) is 14.4 Å². The molecule has 176 valence electrons. The Kier molecular flexibility index (Phi) is 7.65. The summed E-state index contributed by atoms with van der Waals surface area (Å²) in [7, 11) is 0. The number of benzene rings is 2. The molecule has 7 nitrogen and oxygen atoms in total. The van der Waals surface area contributed by atoms with Crippen LogP contribution >= 0.6 is 11.6 Å². The quantitative estimate of drug-likeness (QED) is 0.542. The van der Waals surface area contributed by atoms with Crippen molar-refractivity contribution in [3.8, 4) is 0 Å². The summed E-state index contributed by atoms with van der Waals surface area (Å²) in [6.07, 6.45) is 2.61. The number of nitrogens with one attached hydrogen (secondary N) is 1. The summed E-state index contributed by atoms with van der Waals surface area (Å²) in [6, 6.07) is 19.5. The average molecular weight is 480 g/mol. The predicted octanol–water partition coefficient (Wildman–Crippen LogP) is 4.45. The number of amides is 3. The molecule has 4 rings (SSSR count). The normalized spacial score (nSPS) is 14.0. The Morgan fingerprint density at radius 1 is 0.971 bits per heavy atom. The molecule has 3 amide bonds. The van der Waals surface area contributed by atoms with E-state index in [2.05, 4.69) is 5.32 Å². The first-order valence-electron chi connectivity index (χ1n) is 11.2. The van der Waals surface area contributed by atoms with Gasteiger partial charge >= 0.3 is 0 Å². The second-order valence-corrected chi connectivity index (χ2v) is 8.70. The van der Waals surface area contributed by atoms with Gasteiger partial charge < -0.3 is 19.5 Å². The first-order valence-corrected chi connectivity index (χ1v) is 11.6. The molecule has 2 aromatic carbocycles. The van der Waals surface area contributed by atoms with Gasteiger partial charge in [0.05, 0.1) is 12.8 Å². The molecule has 1 N–H and O–H groups in total. The maximum absolute atomic E-state index is 13.4. The molecule has 1 aliphatic rings. The predicted molar refractivity (Wildman–Crippen MR) is 129 cm³/mol. The molecule has 1 fully saturated rings. The maximum atomic E-state index is 13.4. The number of likely N-dealkylation sites (tertiary alicyclic amines) is 1. The maximum Gasteiger partial charge on any atom is 0.253 e. The van der Waals surface area contributed by atoms with E-state index in [1.54, 1.807) is 59.7 Å². The fourth-order valence-electron chi connectivity index (χ4n) is 4.06. The Bertz CT molecular complexity index is 1110. The van der Waals surface area contributed by atoms with Crippen molar-refractivity contribution in [3.63, 3.8) is 0 Å². The van der Waals surface area contributed by atoms with Gasteiger partial charge in [-0.3, -0.25) is 14.4 Å². The van der Waals surface area contributed by atoms with E-state index in [1.165, 1.54) is 4.90 Å². The van der Waals surface area contributed by atoms with Crippen LogP contribution in [0.1, 0.15) is 29.0 Å². The monoisotopic (exact) mass is 479 g/mol. The lowest BCUT2D eigenvalue weighted by molar-refractivity contribution is -0.140. The van der Waals surface area contributed by atoms with Crippen molar-refractivity contribution < 1.29 is 18.8 Å². The van der Waals surface area contributed by atoms with Crippen molar-refractivity contribution in [2.24, 2.45) is 5.92 Å². The van der Waals surface area contributed by atoms with Crippen LogP contribution in [0, 0.1) is 5.92 Å². The van der Waals surface area contributed by atoms with Crippen molar-refractivity contribution in [1.82, 2.24) is 9.80 Å². The third kappa shape index (κ3) is 6.05. The van der Waals surface area contributed by atoms with Crippen molar-refractivity contribution in [1.29, 1.82) is 0 Å². The van der Waals surface area contributed by atoms with Gasteiger partial charge in [-0.05, 0) is 61.4 Å². The van der Waals surface area contributed by atoms with Gasteiger partial charge in [0.25, 0.3) is 5.91 Å². The summed E-state index contributed by atoms with van der Waals surface area (Å²) in [5, 5.41) is 3.41. The number of para-hydroxylation sites is 1. The van der Waals surface area contributed by atoms with Gasteiger partial charge in [0.1, 0.15) is 12.3 Å². The smallest absolute Gasteiger partial charge is 0.253 e. The fraction of sp³-hybridized carbons (Fsp3) is 0.269. The van der Waals surface area contributed by atoms with E-state index in [0.29, 0.717) is 48.0 Å². The molecule has 1 aliphatic heterocycles. The van der Waals surface area contributed by atoms with E-state index in [1.807, 2.05) is 18.2 Å². The number of piperidine rings is 1. The van der Waals surface area contributed by atoms with E-state index >= 15 is 0 Å². The van der Waals surface area contributed by atoms with Crippen LogP contribution in [0.25, 0.3) is 0 Å². The Morgan fingerprint density at radius 2 is 1.68 bits per heavy atom. The molecule has 0 atom stereocenters. The van der Waals surface area contributed by atoms with Crippen molar-refractivity contribution in [2.45, 2.75) is 19.4 Å². The zero-order valence-electron chi connectivity index (χ0n) is 18.7. The largest absolute Gasteiger partial charge is 0.467 e. The number of rotatable bonds is 7. The van der Waals surface area contributed by atoms with Crippen LogP contribution in [0.2, 0.25) is 5.02 Å². The second-order valence-electron chi connectivity index (χ2n) is 8.26. The summed E-state index contributed by atoms with van der Waals surface area (Å²) in [4.78, 5) is 42.1. The number of anilines is 1. The Hall–Kier alpha value is -3.58. The fourth-order valence-corrected chi connectivity index (χ4v) is 4.19. The molecule has 34 heavy (non-hydrogen) atoms. The number of nitrogens with zero attached hydrogens (tertiary/aromatic N) is 2. The molecular formula is C26H26ClN3O4. The highest BCUT2D eigenvalue weighted by atomic mass is 35.5. The number of halogens is 1. The van der Waals surface area contributed by atoms with E-state index in [-0.39, 0.29) is 36.7 Å². The highest BCUT2D eigenvalue weighted by Gasteiger charge is 2.31. The SMILES string of the molecule is O=C(CN(Cc1ccco1)C(=O)C1CCN(C(=O)c2ccc(Cl)cc2)CC1)Nc1ccccc1. The highest BCUT2D eigenvalue weighted by Crippen LogP contribution is 2.23. The number of hydrogen-bond acceptors (Lipinski definition) is 4. The van der Waals surface area contributed by atoms with Crippen LogP contribution in [0.4, 0.5) is 5.69 Å². The van der Waals surface area contributed by atoms with Crippen LogP contribution in [0.3, 0.4) is 0 Å². The molecule has 8 heteroatoms. The van der Waals surface area contributed by atoms with Crippen LogP contribution in [0.15, 0.2) is 77.4 Å². The molecule has 2 heterocycles. The van der Waals surface area contributed by atoms with Crippen LogP contribution in [0.5, 0.6) is 0 Å². The summed E-state index contributed by atoms with van der Waals surface area (Å²) in [5.74, 6) is -0.123. The van der Waals surface area contributed by atoms with Crippen LogP contribution in [-0.4, -0.2) is 47.2 Å². The number of furan rings is 1. The summed E-state index contributed by atoms with van der Waals surface area (Å²) >= 11 is 5.92. The lowest BCUT2D eigenvalue weighted by Crippen LogP contribution is -2.46. The minimum Gasteiger partial charge on any atom is -0.467 e. The topological polar surface area (TPSA) is 82.9 Å². The summed E-state index contributed by atoms with van der Waals surface area (Å²) < 4.78 is 5.42. The standard InChI is InChI=1S/C26H26ClN3O4/c27-21-10-8-19(9-11-21)25(32)29-14-12-20(13-15-29)26(33)30(17-23-7-4-16-34-23)18-24(31)28-22-5-2-1-3-6-22/h1-11,16,20H,12-15,17-18H2,(H,28,31). The van der Waals surface area contributed by atoms with E-state index in [0.717, 1.165) is 0 Å². The van der Waals surface area contributed by atoms with Crippen LogP contribution < -0.4 is 5.32 Å². The number of carbonyl (C=O) groups excluding carboxylic acids is 3. The zero-order valence-corrected chi connectivity index (χ0v) is 19.4. The van der Waals surface area contributed by atoms with Crippen molar-refractivity contribution in [3.05, 3.63) is 89.3 Å². The molecule has 0 bridgehead atoms. The van der Waals surface area contributed by atoms with Gasteiger partial charge in [-0.15, -0.1) is 0 Å². The van der Waals surface area contributed by atoms with Crippen LogP contribution in [-0.2, 0) is 16.1 Å².